The molecule has 0 amide bonds. The van der Waals surface area contributed by atoms with Crippen LogP contribution in [0.4, 0.5) is 0 Å². The largest absolute Gasteiger partial charge is 0.357 e. The number of hydrogen-bond donors (Lipinski definition) is 1. The highest BCUT2D eigenvalue weighted by atomic mass is 15.3. The van der Waals surface area contributed by atoms with E-state index >= 15 is 0 Å². The van der Waals surface area contributed by atoms with Gasteiger partial charge in [0.15, 0.2) is 0 Å². The van der Waals surface area contributed by atoms with Crippen LogP contribution in [0.1, 0.15) is 24.4 Å². The summed E-state index contributed by atoms with van der Waals surface area (Å²) in [6.07, 6.45) is 5.87. The molecule has 5 heteroatoms. The normalized spacial score (nSPS) is 12.9. The quantitative estimate of drug-likeness (QED) is 0.834. The van der Waals surface area contributed by atoms with Crippen LogP contribution in [0.3, 0.4) is 0 Å². The molecule has 2 aromatic heterocycles. The highest BCUT2D eigenvalue weighted by Gasteiger charge is 2.10. The van der Waals surface area contributed by atoms with Gasteiger partial charge in [0.25, 0.3) is 0 Å². The van der Waals surface area contributed by atoms with Crippen molar-refractivity contribution < 1.29 is 0 Å². The molecule has 0 aliphatic rings. The molecule has 86 valence electrons. The Morgan fingerprint density at radius 1 is 1.44 bits per heavy atom. The second-order valence-electron chi connectivity index (χ2n) is 4.09. The molecule has 2 aromatic rings. The maximum absolute atomic E-state index is 4.08. The van der Waals surface area contributed by atoms with E-state index in [0.717, 1.165) is 12.4 Å². The third kappa shape index (κ3) is 2.30. The minimum Gasteiger partial charge on any atom is -0.357 e. The summed E-state index contributed by atoms with van der Waals surface area (Å²) in [7, 11) is 3.98. The summed E-state index contributed by atoms with van der Waals surface area (Å²) in [5, 5.41) is 11.4. The lowest BCUT2D eigenvalue weighted by molar-refractivity contribution is 0.528. The number of rotatable bonds is 4. The molecule has 0 radical (unpaired) electrons. The average Bonchev–Trinajstić information content (AvgIpc) is 2.84. The fraction of sp³-hybridized carbons (Fsp3) is 0.455. The minimum absolute atomic E-state index is 0.202. The summed E-state index contributed by atoms with van der Waals surface area (Å²) in [6.45, 7) is 2.93. The molecule has 0 bridgehead atoms. The van der Waals surface area contributed by atoms with Crippen molar-refractivity contribution >= 4 is 0 Å². The molecule has 1 unspecified atom stereocenters. The van der Waals surface area contributed by atoms with E-state index < -0.39 is 0 Å². The standard InChI is InChI=1S/C11H17N5/c1-9(11-14-13-8-16(11)3)12-6-10-4-5-15(2)7-10/h4-5,7-9,12H,6H2,1-3H3. The van der Waals surface area contributed by atoms with E-state index in [0.29, 0.717) is 0 Å². The van der Waals surface area contributed by atoms with Crippen LogP contribution in [-0.2, 0) is 20.6 Å². The maximum atomic E-state index is 4.08. The molecule has 0 saturated carbocycles. The molecule has 0 spiro atoms. The third-order valence-corrected chi connectivity index (χ3v) is 2.64. The minimum atomic E-state index is 0.202. The molecular formula is C11H17N5. The molecular weight excluding hydrogens is 202 g/mol. The zero-order valence-electron chi connectivity index (χ0n) is 9.88. The van der Waals surface area contributed by atoms with Crippen LogP contribution in [0, 0.1) is 0 Å². The maximum Gasteiger partial charge on any atom is 0.149 e. The topological polar surface area (TPSA) is 47.7 Å². The molecule has 0 aliphatic heterocycles. The fourth-order valence-electron chi connectivity index (χ4n) is 1.71. The Hall–Kier alpha value is -1.62. The predicted octanol–water partition coefficient (Wildman–Crippen LogP) is 1.00. The van der Waals surface area contributed by atoms with Gasteiger partial charge in [-0.15, -0.1) is 10.2 Å². The van der Waals surface area contributed by atoms with Crippen LogP contribution in [0.5, 0.6) is 0 Å². The van der Waals surface area contributed by atoms with E-state index in [4.69, 9.17) is 0 Å². The average molecular weight is 219 g/mol. The number of nitrogens with zero attached hydrogens (tertiary/aromatic N) is 4. The number of aryl methyl sites for hydroxylation is 2. The van der Waals surface area contributed by atoms with Crippen molar-refractivity contribution in [1.29, 1.82) is 0 Å². The Bertz CT molecular complexity index is 456. The molecule has 1 N–H and O–H groups in total. The Morgan fingerprint density at radius 2 is 2.25 bits per heavy atom. The number of hydrogen-bond acceptors (Lipinski definition) is 3. The van der Waals surface area contributed by atoms with Crippen LogP contribution in [0.2, 0.25) is 0 Å². The van der Waals surface area contributed by atoms with Gasteiger partial charge >= 0.3 is 0 Å². The van der Waals surface area contributed by atoms with Gasteiger partial charge in [-0.2, -0.15) is 0 Å². The highest BCUT2D eigenvalue weighted by molar-refractivity contribution is 5.10. The van der Waals surface area contributed by atoms with Crippen molar-refractivity contribution in [1.82, 2.24) is 24.6 Å². The van der Waals surface area contributed by atoms with Crippen molar-refractivity contribution in [3.63, 3.8) is 0 Å². The summed E-state index contributed by atoms with van der Waals surface area (Å²) < 4.78 is 3.98. The molecule has 0 fully saturated rings. The molecule has 2 rings (SSSR count). The molecule has 5 nitrogen and oxygen atoms in total. The lowest BCUT2D eigenvalue weighted by Gasteiger charge is -2.11. The van der Waals surface area contributed by atoms with E-state index in [2.05, 4.69) is 34.7 Å². The van der Waals surface area contributed by atoms with Gasteiger partial charge in [0.05, 0.1) is 6.04 Å². The van der Waals surface area contributed by atoms with E-state index in [-0.39, 0.29) is 6.04 Å². The van der Waals surface area contributed by atoms with Gasteiger partial charge < -0.3 is 14.5 Å². The van der Waals surface area contributed by atoms with Gasteiger partial charge in [-0.05, 0) is 18.6 Å². The van der Waals surface area contributed by atoms with Crippen molar-refractivity contribution in [3.8, 4) is 0 Å². The fourth-order valence-corrected chi connectivity index (χ4v) is 1.71. The van der Waals surface area contributed by atoms with Gasteiger partial charge in [-0.3, -0.25) is 0 Å². The zero-order chi connectivity index (χ0) is 11.5. The van der Waals surface area contributed by atoms with Crippen molar-refractivity contribution in [3.05, 3.63) is 36.2 Å². The Morgan fingerprint density at radius 3 is 2.81 bits per heavy atom. The van der Waals surface area contributed by atoms with Crippen LogP contribution < -0.4 is 5.32 Å². The first-order chi connectivity index (χ1) is 7.66. The number of nitrogens with one attached hydrogen (secondary N) is 1. The number of aromatic nitrogens is 4. The van der Waals surface area contributed by atoms with Crippen LogP contribution in [0.25, 0.3) is 0 Å². The molecule has 2 heterocycles. The second kappa shape index (κ2) is 4.49. The molecule has 0 aromatic carbocycles. The van der Waals surface area contributed by atoms with Gasteiger partial charge in [0.1, 0.15) is 12.2 Å². The summed E-state index contributed by atoms with van der Waals surface area (Å²) in [5.41, 5.74) is 1.27. The lowest BCUT2D eigenvalue weighted by atomic mass is 10.2. The van der Waals surface area contributed by atoms with Crippen LogP contribution >= 0.6 is 0 Å². The third-order valence-electron chi connectivity index (χ3n) is 2.64. The molecule has 0 aliphatic carbocycles. The Balaban J connectivity index is 1.93. The summed E-state index contributed by atoms with van der Waals surface area (Å²) in [4.78, 5) is 0. The molecule has 1 atom stereocenters. The lowest BCUT2D eigenvalue weighted by Crippen LogP contribution is -2.20. The molecule has 16 heavy (non-hydrogen) atoms. The molecule has 0 saturated heterocycles. The Labute approximate surface area is 95.1 Å². The van der Waals surface area contributed by atoms with Crippen molar-refractivity contribution in [2.75, 3.05) is 0 Å². The second-order valence-corrected chi connectivity index (χ2v) is 4.09. The first-order valence-electron chi connectivity index (χ1n) is 5.35. The van der Waals surface area contributed by atoms with Gasteiger partial charge in [0.2, 0.25) is 0 Å². The Kier molecular flexibility index (Phi) is 3.05. The first kappa shape index (κ1) is 10.9. The highest BCUT2D eigenvalue weighted by Crippen LogP contribution is 2.08. The summed E-state index contributed by atoms with van der Waals surface area (Å²) in [6, 6.07) is 2.31. The van der Waals surface area contributed by atoms with Crippen LogP contribution in [-0.4, -0.2) is 19.3 Å². The monoisotopic (exact) mass is 219 g/mol. The predicted molar refractivity (Wildman–Crippen MR) is 61.7 cm³/mol. The van der Waals surface area contributed by atoms with Crippen molar-refractivity contribution in [2.45, 2.75) is 19.5 Å². The van der Waals surface area contributed by atoms with Gasteiger partial charge in [-0.1, -0.05) is 0 Å². The van der Waals surface area contributed by atoms with Gasteiger partial charge in [0, 0.05) is 33.0 Å². The zero-order valence-corrected chi connectivity index (χ0v) is 9.88. The van der Waals surface area contributed by atoms with E-state index in [1.54, 1.807) is 6.33 Å². The van der Waals surface area contributed by atoms with Crippen molar-refractivity contribution in [2.24, 2.45) is 14.1 Å². The smallest absolute Gasteiger partial charge is 0.149 e. The van der Waals surface area contributed by atoms with E-state index in [1.165, 1.54) is 5.56 Å². The summed E-state index contributed by atoms with van der Waals surface area (Å²) >= 11 is 0. The summed E-state index contributed by atoms with van der Waals surface area (Å²) in [5.74, 6) is 0.955. The van der Waals surface area contributed by atoms with E-state index in [9.17, 15) is 0 Å². The van der Waals surface area contributed by atoms with E-state index in [1.807, 2.05) is 29.4 Å². The SMILES string of the molecule is CC(NCc1ccn(C)c1)c1nncn1C. The van der Waals surface area contributed by atoms with Gasteiger partial charge in [-0.25, -0.2) is 0 Å². The van der Waals surface area contributed by atoms with Crippen LogP contribution in [0.15, 0.2) is 24.8 Å². The first-order valence-corrected chi connectivity index (χ1v) is 5.35.